The molecule has 1 heterocycles. The number of hydrogen-bond donors (Lipinski definition) is 2. The number of para-hydroxylation sites is 1. The average Bonchev–Trinajstić information content (AvgIpc) is 2.23. The number of benzene rings is 1. The van der Waals surface area contributed by atoms with Crippen molar-refractivity contribution in [2.45, 2.75) is 0 Å². The third-order valence-electron chi connectivity index (χ3n) is 1.99. The highest BCUT2D eigenvalue weighted by atomic mass is 15.1. The quantitative estimate of drug-likeness (QED) is 0.658. The van der Waals surface area contributed by atoms with Crippen molar-refractivity contribution < 1.29 is 0 Å². The van der Waals surface area contributed by atoms with Gasteiger partial charge in [-0.1, -0.05) is 12.1 Å². The molecular weight excluding hydrogens is 176 g/mol. The van der Waals surface area contributed by atoms with Crippen LogP contribution in [0.15, 0.2) is 36.5 Å². The topological polar surface area (TPSA) is 77.8 Å². The van der Waals surface area contributed by atoms with Crippen LogP contribution in [-0.2, 0) is 0 Å². The van der Waals surface area contributed by atoms with Crippen LogP contribution in [0.2, 0.25) is 0 Å². The molecule has 1 aromatic carbocycles. The number of aromatic nitrogens is 2. The molecule has 2 aromatic rings. The highest BCUT2D eigenvalue weighted by Crippen LogP contribution is 2.27. The molecule has 0 saturated carbocycles. The van der Waals surface area contributed by atoms with Crippen LogP contribution in [0.1, 0.15) is 0 Å². The van der Waals surface area contributed by atoms with Crippen LogP contribution in [0, 0.1) is 0 Å². The number of nitrogen functional groups attached to an aromatic ring is 2. The second-order valence-electron chi connectivity index (χ2n) is 2.92. The summed E-state index contributed by atoms with van der Waals surface area (Å²) in [4.78, 5) is 0. The molecule has 4 heteroatoms. The Labute approximate surface area is 81.6 Å². The first kappa shape index (κ1) is 8.50. The minimum Gasteiger partial charge on any atom is -0.397 e. The van der Waals surface area contributed by atoms with Gasteiger partial charge in [-0.05, 0) is 18.2 Å². The van der Waals surface area contributed by atoms with E-state index in [-0.39, 0.29) is 0 Å². The summed E-state index contributed by atoms with van der Waals surface area (Å²) in [5.41, 5.74) is 14.2. The molecule has 4 N–H and O–H groups in total. The summed E-state index contributed by atoms with van der Waals surface area (Å²) >= 11 is 0. The van der Waals surface area contributed by atoms with Crippen molar-refractivity contribution >= 4 is 11.4 Å². The third kappa shape index (κ3) is 1.37. The van der Waals surface area contributed by atoms with Gasteiger partial charge in [0.15, 0.2) is 0 Å². The predicted molar refractivity (Wildman–Crippen MR) is 56.3 cm³/mol. The van der Waals surface area contributed by atoms with Crippen LogP contribution in [0.4, 0.5) is 11.4 Å². The van der Waals surface area contributed by atoms with Gasteiger partial charge >= 0.3 is 0 Å². The van der Waals surface area contributed by atoms with E-state index >= 15 is 0 Å². The first-order valence-corrected chi connectivity index (χ1v) is 4.21. The normalized spacial score (nSPS) is 10.0. The Morgan fingerprint density at radius 3 is 2.57 bits per heavy atom. The van der Waals surface area contributed by atoms with Gasteiger partial charge in [0, 0.05) is 11.8 Å². The Morgan fingerprint density at radius 2 is 1.86 bits per heavy atom. The van der Waals surface area contributed by atoms with Crippen molar-refractivity contribution in [1.82, 2.24) is 10.2 Å². The van der Waals surface area contributed by atoms with Crippen LogP contribution in [-0.4, -0.2) is 10.2 Å². The zero-order chi connectivity index (χ0) is 9.97. The molecule has 0 aliphatic heterocycles. The van der Waals surface area contributed by atoms with E-state index in [2.05, 4.69) is 10.2 Å². The van der Waals surface area contributed by atoms with Gasteiger partial charge in [-0.2, -0.15) is 10.2 Å². The fraction of sp³-hybridized carbons (Fsp3) is 0. The molecule has 0 unspecified atom stereocenters. The Morgan fingerprint density at radius 1 is 1.00 bits per heavy atom. The second kappa shape index (κ2) is 3.33. The van der Waals surface area contributed by atoms with Crippen LogP contribution in [0.3, 0.4) is 0 Å². The van der Waals surface area contributed by atoms with E-state index in [1.54, 1.807) is 12.3 Å². The number of nitrogens with zero attached hydrogens (tertiary/aromatic N) is 2. The van der Waals surface area contributed by atoms with E-state index in [0.717, 1.165) is 11.3 Å². The van der Waals surface area contributed by atoms with E-state index in [0.29, 0.717) is 11.4 Å². The summed E-state index contributed by atoms with van der Waals surface area (Å²) in [5.74, 6) is 0. The number of rotatable bonds is 1. The van der Waals surface area contributed by atoms with Crippen LogP contribution >= 0.6 is 0 Å². The maximum Gasteiger partial charge on any atom is 0.0951 e. The van der Waals surface area contributed by atoms with Crippen molar-refractivity contribution in [3.8, 4) is 11.3 Å². The minimum absolute atomic E-state index is 0.549. The van der Waals surface area contributed by atoms with Crippen molar-refractivity contribution in [3.05, 3.63) is 36.5 Å². The van der Waals surface area contributed by atoms with Crippen LogP contribution in [0.5, 0.6) is 0 Å². The molecule has 0 fully saturated rings. The summed E-state index contributed by atoms with van der Waals surface area (Å²) in [7, 11) is 0. The van der Waals surface area contributed by atoms with Crippen molar-refractivity contribution in [2.24, 2.45) is 0 Å². The molecule has 0 spiro atoms. The van der Waals surface area contributed by atoms with E-state index in [1.165, 1.54) is 0 Å². The Balaban J connectivity index is 2.58. The van der Waals surface area contributed by atoms with Crippen LogP contribution < -0.4 is 11.5 Å². The zero-order valence-corrected chi connectivity index (χ0v) is 7.51. The number of anilines is 2. The summed E-state index contributed by atoms with van der Waals surface area (Å²) in [5, 5.41) is 7.75. The first-order chi connectivity index (χ1) is 6.79. The molecule has 1 aromatic heterocycles. The lowest BCUT2D eigenvalue weighted by molar-refractivity contribution is 1.04. The highest BCUT2D eigenvalue weighted by Gasteiger charge is 2.05. The standard InChI is InChI=1S/C10H10N4/c11-8-4-1-3-7(10(8)12)9-5-2-6-13-14-9/h1-6H,11-12H2. The van der Waals surface area contributed by atoms with Gasteiger partial charge in [0.05, 0.1) is 17.1 Å². The van der Waals surface area contributed by atoms with E-state index in [9.17, 15) is 0 Å². The van der Waals surface area contributed by atoms with Crippen molar-refractivity contribution in [1.29, 1.82) is 0 Å². The fourth-order valence-corrected chi connectivity index (χ4v) is 1.25. The van der Waals surface area contributed by atoms with Gasteiger partial charge in [-0.15, -0.1) is 0 Å². The van der Waals surface area contributed by atoms with Gasteiger partial charge in [0.2, 0.25) is 0 Å². The second-order valence-corrected chi connectivity index (χ2v) is 2.92. The van der Waals surface area contributed by atoms with Crippen LogP contribution in [0.25, 0.3) is 11.3 Å². The number of nitrogens with two attached hydrogens (primary N) is 2. The van der Waals surface area contributed by atoms with Gasteiger partial charge in [0.1, 0.15) is 0 Å². The molecule has 0 radical (unpaired) electrons. The molecule has 0 amide bonds. The molecule has 2 rings (SSSR count). The minimum atomic E-state index is 0.549. The SMILES string of the molecule is Nc1cccc(-c2cccnn2)c1N. The fourth-order valence-electron chi connectivity index (χ4n) is 1.25. The summed E-state index contributed by atoms with van der Waals surface area (Å²) in [6, 6.07) is 9.13. The van der Waals surface area contributed by atoms with E-state index in [4.69, 9.17) is 11.5 Å². The largest absolute Gasteiger partial charge is 0.397 e. The molecule has 4 nitrogen and oxygen atoms in total. The van der Waals surface area contributed by atoms with Crippen molar-refractivity contribution in [2.75, 3.05) is 11.5 Å². The molecule has 0 aliphatic carbocycles. The molecule has 0 atom stereocenters. The smallest absolute Gasteiger partial charge is 0.0951 e. The highest BCUT2D eigenvalue weighted by molar-refractivity contribution is 5.82. The molecular formula is C10H10N4. The van der Waals surface area contributed by atoms with Gasteiger partial charge in [0.25, 0.3) is 0 Å². The molecule has 0 saturated heterocycles. The molecule has 70 valence electrons. The van der Waals surface area contributed by atoms with Gasteiger partial charge in [-0.25, -0.2) is 0 Å². The Bertz CT molecular complexity index is 439. The predicted octanol–water partition coefficient (Wildman–Crippen LogP) is 1.31. The zero-order valence-electron chi connectivity index (χ0n) is 7.51. The molecule has 0 aliphatic rings. The summed E-state index contributed by atoms with van der Waals surface area (Å²) in [6.45, 7) is 0. The summed E-state index contributed by atoms with van der Waals surface area (Å²) in [6.07, 6.45) is 1.62. The Hall–Kier alpha value is -2.10. The molecule has 0 bridgehead atoms. The number of hydrogen-bond acceptors (Lipinski definition) is 4. The monoisotopic (exact) mass is 186 g/mol. The van der Waals surface area contributed by atoms with E-state index in [1.807, 2.05) is 24.3 Å². The lowest BCUT2D eigenvalue weighted by atomic mass is 10.1. The first-order valence-electron chi connectivity index (χ1n) is 4.21. The summed E-state index contributed by atoms with van der Waals surface area (Å²) < 4.78 is 0. The maximum absolute atomic E-state index is 5.82. The van der Waals surface area contributed by atoms with Crippen molar-refractivity contribution in [3.63, 3.8) is 0 Å². The van der Waals surface area contributed by atoms with E-state index < -0.39 is 0 Å². The molecule has 14 heavy (non-hydrogen) atoms. The Kier molecular flexibility index (Phi) is 2.02. The lowest BCUT2D eigenvalue weighted by Gasteiger charge is -2.05. The van der Waals surface area contributed by atoms with Gasteiger partial charge in [-0.3, -0.25) is 0 Å². The maximum atomic E-state index is 5.82. The lowest BCUT2D eigenvalue weighted by Crippen LogP contribution is -1.98. The van der Waals surface area contributed by atoms with Gasteiger partial charge < -0.3 is 11.5 Å². The third-order valence-corrected chi connectivity index (χ3v) is 1.99. The average molecular weight is 186 g/mol.